The molecular formula is C19H22ClN3O. The van der Waals surface area contributed by atoms with E-state index in [2.05, 4.69) is 34.0 Å². The molecule has 3 rings (SSSR count). The van der Waals surface area contributed by atoms with E-state index in [-0.39, 0.29) is 5.75 Å². The number of phenols is 1. The zero-order valence-corrected chi connectivity index (χ0v) is 14.3. The molecule has 2 aromatic rings. The van der Waals surface area contributed by atoms with E-state index < -0.39 is 0 Å². The molecule has 0 radical (unpaired) electrons. The molecule has 1 aliphatic rings. The fourth-order valence-corrected chi connectivity index (χ4v) is 2.91. The number of nitrogens with one attached hydrogen (secondary N) is 1. The van der Waals surface area contributed by atoms with Crippen LogP contribution in [-0.4, -0.2) is 41.2 Å². The summed E-state index contributed by atoms with van der Waals surface area (Å²) in [5.41, 5.74) is 6.48. The van der Waals surface area contributed by atoms with Crippen LogP contribution < -0.4 is 5.43 Å². The molecule has 0 aliphatic carbocycles. The van der Waals surface area contributed by atoms with Crippen LogP contribution in [0, 0.1) is 0 Å². The molecule has 0 atom stereocenters. The van der Waals surface area contributed by atoms with Gasteiger partial charge in [0.2, 0.25) is 0 Å². The molecule has 0 bridgehead atoms. The number of halogens is 1. The Labute approximate surface area is 147 Å². The van der Waals surface area contributed by atoms with Gasteiger partial charge in [-0.3, -0.25) is 4.90 Å². The van der Waals surface area contributed by atoms with Gasteiger partial charge in [0.15, 0.2) is 0 Å². The standard InChI is InChI=1S/C19H22ClN3O/c1-15(17-4-8-19(24)9-5-17)21-23-12-10-22(11-13-23)14-16-2-6-18(20)7-3-16/h2-9,21,24H,1,10-14H2. The summed E-state index contributed by atoms with van der Waals surface area (Å²) in [6.07, 6.45) is 0. The summed E-state index contributed by atoms with van der Waals surface area (Å²) in [6, 6.07) is 15.1. The zero-order valence-electron chi connectivity index (χ0n) is 13.6. The summed E-state index contributed by atoms with van der Waals surface area (Å²) in [4.78, 5) is 2.44. The van der Waals surface area contributed by atoms with E-state index in [4.69, 9.17) is 11.6 Å². The van der Waals surface area contributed by atoms with E-state index in [1.165, 1.54) is 5.56 Å². The highest BCUT2D eigenvalue weighted by Crippen LogP contribution is 2.16. The maximum absolute atomic E-state index is 9.35. The second-order valence-corrected chi connectivity index (χ2v) is 6.46. The van der Waals surface area contributed by atoms with E-state index >= 15 is 0 Å². The Balaban J connectivity index is 1.47. The van der Waals surface area contributed by atoms with Crippen molar-refractivity contribution in [2.75, 3.05) is 26.2 Å². The fraction of sp³-hybridized carbons (Fsp3) is 0.263. The monoisotopic (exact) mass is 343 g/mol. The minimum absolute atomic E-state index is 0.266. The summed E-state index contributed by atoms with van der Waals surface area (Å²) in [6.45, 7) is 8.90. The summed E-state index contributed by atoms with van der Waals surface area (Å²) in [5, 5.41) is 12.3. The van der Waals surface area contributed by atoms with E-state index in [1.54, 1.807) is 12.1 Å². The van der Waals surface area contributed by atoms with Gasteiger partial charge in [0.1, 0.15) is 5.75 Å². The van der Waals surface area contributed by atoms with Gasteiger partial charge >= 0.3 is 0 Å². The SMILES string of the molecule is C=C(NN1CCN(Cc2ccc(Cl)cc2)CC1)c1ccc(O)cc1. The molecule has 0 spiro atoms. The third kappa shape index (κ3) is 4.51. The van der Waals surface area contributed by atoms with Gasteiger partial charge in [-0.25, -0.2) is 5.01 Å². The van der Waals surface area contributed by atoms with Crippen LogP contribution in [0.3, 0.4) is 0 Å². The van der Waals surface area contributed by atoms with Gasteiger partial charge in [-0.05, 0) is 47.5 Å². The van der Waals surface area contributed by atoms with Crippen molar-refractivity contribution in [1.29, 1.82) is 0 Å². The van der Waals surface area contributed by atoms with Gasteiger partial charge in [0, 0.05) is 43.4 Å². The summed E-state index contributed by atoms with van der Waals surface area (Å²) < 4.78 is 0. The molecule has 126 valence electrons. The smallest absolute Gasteiger partial charge is 0.115 e. The molecule has 1 fully saturated rings. The molecule has 0 amide bonds. The maximum atomic E-state index is 9.35. The number of phenolic OH excluding ortho intramolecular Hbond substituents is 1. The first-order valence-corrected chi connectivity index (χ1v) is 8.45. The average Bonchev–Trinajstić information content (AvgIpc) is 2.59. The third-order valence-electron chi connectivity index (χ3n) is 4.20. The normalized spacial score (nSPS) is 16.0. The van der Waals surface area contributed by atoms with Gasteiger partial charge in [0.25, 0.3) is 0 Å². The number of piperazine rings is 1. The molecule has 2 N–H and O–H groups in total. The minimum Gasteiger partial charge on any atom is -0.508 e. The van der Waals surface area contributed by atoms with Crippen LogP contribution in [0.15, 0.2) is 55.1 Å². The van der Waals surface area contributed by atoms with Crippen molar-refractivity contribution in [2.45, 2.75) is 6.54 Å². The van der Waals surface area contributed by atoms with Gasteiger partial charge in [0.05, 0.1) is 0 Å². The molecule has 0 unspecified atom stereocenters. The largest absolute Gasteiger partial charge is 0.508 e. The van der Waals surface area contributed by atoms with Crippen LogP contribution in [-0.2, 0) is 6.54 Å². The van der Waals surface area contributed by atoms with E-state index in [0.29, 0.717) is 0 Å². The van der Waals surface area contributed by atoms with E-state index in [0.717, 1.165) is 49.0 Å². The molecule has 1 aliphatic heterocycles. The fourth-order valence-electron chi connectivity index (χ4n) is 2.78. The number of hydrogen-bond acceptors (Lipinski definition) is 4. The molecule has 1 heterocycles. The molecule has 2 aromatic carbocycles. The third-order valence-corrected chi connectivity index (χ3v) is 4.45. The predicted octanol–water partition coefficient (Wildman–Crippen LogP) is 3.34. The van der Waals surface area contributed by atoms with Crippen LogP contribution in [0.1, 0.15) is 11.1 Å². The lowest BCUT2D eigenvalue weighted by Crippen LogP contribution is -2.50. The van der Waals surface area contributed by atoms with Crippen LogP contribution in [0.25, 0.3) is 5.70 Å². The van der Waals surface area contributed by atoms with Crippen LogP contribution in [0.4, 0.5) is 0 Å². The zero-order chi connectivity index (χ0) is 16.9. The van der Waals surface area contributed by atoms with Crippen molar-refractivity contribution in [3.8, 4) is 5.75 Å². The van der Waals surface area contributed by atoms with Crippen LogP contribution in [0.5, 0.6) is 5.75 Å². The highest BCUT2D eigenvalue weighted by Gasteiger charge is 2.17. The predicted molar refractivity (Wildman–Crippen MR) is 98.6 cm³/mol. The molecule has 1 saturated heterocycles. The Kier molecular flexibility index (Phi) is 5.41. The van der Waals surface area contributed by atoms with E-state index in [9.17, 15) is 5.11 Å². The molecule has 0 aromatic heterocycles. The minimum atomic E-state index is 0.266. The van der Waals surface area contributed by atoms with Crippen molar-refractivity contribution in [3.63, 3.8) is 0 Å². The van der Waals surface area contributed by atoms with Crippen LogP contribution in [0.2, 0.25) is 5.02 Å². The highest BCUT2D eigenvalue weighted by atomic mass is 35.5. The Hall–Kier alpha value is -2.01. The van der Waals surface area contributed by atoms with Gasteiger partial charge < -0.3 is 10.5 Å². The van der Waals surface area contributed by atoms with Crippen molar-refractivity contribution >= 4 is 17.3 Å². The first-order valence-electron chi connectivity index (χ1n) is 8.07. The second kappa shape index (κ2) is 7.71. The Morgan fingerprint density at radius 1 is 1.00 bits per heavy atom. The van der Waals surface area contributed by atoms with Gasteiger partial charge in [-0.15, -0.1) is 0 Å². The number of benzene rings is 2. The first kappa shape index (κ1) is 16.8. The number of hydrogen-bond donors (Lipinski definition) is 2. The van der Waals surface area contributed by atoms with E-state index in [1.807, 2.05) is 24.3 Å². The lowest BCUT2D eigenvalue weighted by Gasteiger charge is -2.35. The quantitative estimate of drug-likeness (QED) is 0.873. The topological polar surface area (TPSA) is 38.7 Å². The number of rotatable bonds is 5. The lowest BCUT2D eigenvalue weighted by atomic mass is 10.2. The number of hydrazine groups is 1. The van der Waals surface area contributed by atoms with Crippen LogP contribution >= 0.6 is 11.6 Å². The molecule has 4 nitrogen and oxygen atoms in total. The Morgan fingerprint density at radius 2 is 1.62 bits per heavy atom. The van der Waals surface area contributed by atoms with Crippen molar-refractivity contribution in [3.05, 3.63) is 71.3 Å². The average molecular weight is 344 g/mol. The van der Waals surface area contributed by atoms with Crippen molar-refractivity contribution in [1.82, 2.24) is 15.3 Å². The second-order valence-electron chi connectivity index (χ2n) is 6.03. The summed E-state index contributed by atoms with van der Waals surface area (Å²) in [7, 11) is 0. The Bertz CT molecular complexity index is 677. The number of nitrogens with zero attached hydrogens (tertiary/aromatic N) is 2. The molecule has 24 heavy (non-hydrogen) atoms. The number of aromatic hydroxyl groups is 1. The Morgan fingerprint density at radius 3 is 2.25 bits per heavy atom. The highest BCUT2D eigenvalue weighted by molar-refractivity contribution is 6.30. The lowest BCUT2D eigenvalue weighted by molar-refractivity contribution is 0.104. The molecular weight excluding hydrogens is 322 g/mol. The molecule has 5 heteroatoms. The maximum Gasteiger partial charge on any atom is 0.115 e. The van der Waals surface area contributed by atoms with Gasteiger partial charge in [-0.2, -0.15) is 0 Å². The first-order chi connectivity index (χ1) is 11.6. The molecule has 0 saturated carbocycles. The van der Waals surface area contributed by atoms with Gasteiger partial charge in [-0.1, -0.05) is 30.3 Å². The van der Waals surface area contributed by atoms with Crippen molar-refractivity contribution < 1.29 is 5.11 Å². The summed E-state index contributed by atoms with van der Waals surface area (Å²) >= 11 is 5.93. The summed E-state index contributed by atoms with van der Waals surface area (Å²) in [5.74, 6) is 0.266. The van der Waals surface area contributed by atoms with Crippen molar-refractivity contribution in [2.24, 2.45) is 0 Å².